The number of para-hydroxylation sites is 1. The van der Waals surface area contributed by atoms with Gasteiger partial charge in [0.2, 0.25) is 0 Å². The minimum atomic E-state index is -0.777. The summed E-state index contributed by atoms with van der Waals surface area (Å²) in [6, 6.07) is 7.60. The van der Waals surface area contributed by atoms with Gasteiger partial charge in [0.25, 0.3) is 5.91 Å². The van der Waals surface area contributed by atoms with E-state index in [0.29, 0.717) is 11.3 Å². The summed E-state index contributed by atoms with van der Waals surface area (Å²) >= 11 is 1.84. The van der Waals surface area contributed by atoms with Crippen molar-refractivity contribution in [2.75, 3.05) is 18.1 Å². The number of hydrogen-bond donors (Lipinski definition) is 2. The normalized spacial score (nSPS) is 17.8. The summed E-state index contributed by atoms with van der Waals surface area (Å²) in [6.45, 7) is 2.16. The molecule has 1 fully saturated rings. The molecule has 0 aliphatic carbocycles. The van der Waals surface area contributed by atoms with E-state index in [1.54, 1.807) is 0 Å². The lowest BCUT2D eigenvalue weighted by molar-refractivity contribution is 0.0307. The lowest BCUT2D eigenvalue weighted by atomic mass is 9.97. The van der Waals surface area contributed by atoms with Crippen LogP contribution < -0.4 is 5.32 Å². The molecule has 1 aromatic heterocycles. The Morgan fingerprint density at radius 2 is 2.10 bits per heavy atom. The Morgan fingerprint density at radius 1 is 1.38 bits per heavy atom. The van der Waals surface area contributed by atoms with Gasteiger partial charge in [-0.3, -0.25) is 4.79 Å². The van der Waals surface area contributed by atoms with Crippen molar-refractivity contribution in [1.82, 2.24) is 5.32 Å². The second kappa shape index (κ2) is 5.73. The Labute approximate surface area is 127 Å². The van der Waals surface area contributed by atoms with E-state index in [2.05, 4.69) is 5.32 Å². The number of carbonyl (C=O) groups is 1. The predicted molar refractivity (Wildman–Crippen MR) is 84.8 cm³/mol. The third-order valence-corrected chi connectivity index (χ3v) is 5.04. The summed E-state index contributed by atoms with van der Waals surface area (Å²) in [6.07, 6.45) is 1.44. The van der Waals surface area contributed by atoms with Crippen LogP contribution in [0, 0.1) is 6.92 Å². The molecule has 1 aliphatic heterocycles. The van der Waals surface area contributed by atoms with Crippen molar-refractivity contribution in [3.05, 3.63) is 35.6 Å². The Balaban J connectivity index is 1.73. The van der Waals surface area contributed by atoms with Gasteiger partial charge in [-0.15, -0.1) is 0 Å². The molecule has 2 N–H and O–H groups in total. The van der Waals surface area contributed by atoms with Crippen LogP contribution >= 0.6 is 11.8 Å². The van der Waals surface area contributed by atoms with E-state index in [1.165, 1.54) is 0 Å². The van der Waals surface area contributed by atoms with Gasteiger partial charge in [0.15, 0.2) is 5.76 Å². The highest BCUT2D eigenvalue weighted by atomic mass is 32.2. The number of benzene rings is 1. The summed E-state index contributed by atoms with van der Waals surface area (Å²) in [5.74, 6) is 1.96. The van der Waals surface area contributed by atoms with E-state index < -0.39 is 5.60 Å². The Kier molecular flexibility index (Phi) is 3.95. The van der Waals surface area contributed by atoms with E-state index in [-0.39, 0.29) is 12.5 Å². The third-order valence-electron chi connectivity index (χ3n) is 4.05. The van der Waals surface area contributed by atoms with Gasteiger partial charge in [-0.2, -0.15) is 11.8 Å². The van der Waals surface area contributed by atoms with Gasteiger partial charge in [-0.05, 0) is 37.3 Å². The maximum Gasteiger partial charge on any atom is 0.287 e. The Morgan fingerprint density at radius 3 is 2.81 bits per heavy atom. The van der Waals surface area contributed by atoms with E-state index >= 15 is 0 Å². The monoisotopic (exact) mass is 305 g/mol. The molecule has 3 rings (SSSR count). The van der Waals surface area contributed by atoms with E-state index in [4.69, 9.17) is 4.42 Å². The Hall–Kier alpha value is -1.46. The number of carbonyl (C=O) groups excluding carboxylic acids is 1. The molecule has 21 heavy (non-hydrogen) atoms. The molecule has 112 valence electrons. The van der Waals surface area contributed by atoms with Crippen molar-refractivity contribution in [3.8, 4) is 0 Å². The van der Waals surface area contributed by atoms with E-state index in [1.807, 2.05) is 43.0 Å². The number of aryl methyl sites for hydroxylation is 1. The SMILES string of the molecule is Cc1c(C(=O)NCC2(O)CCSCC2)oc2ccccc12. The zero-order valence-electron chi connectivity index (χ0n) is 12.0. The average Bonchev–Trinajstić information content (AvgIpc) is 2.84. The summed E-state index contributed by atoms with van der Waals surface area (Å²) in [7, 11) is 0. The summed E-state index contributed by atoms with van der Waals surface area (Å²) in [5, 5.41) is 14.2. The predicted octanol–water partition coefficient (Wildman–Crippen LogP) is 2.73. The fourth-order valence-corrected chi connectivity index (χ4v) is 3.90. The number of fused-ring (bicyclic) bond motifs is 1. The first kappa shape index (κ1) is 14.5. The molecule has 0 radical (unpaired) electrons. The molecule has 1 saturated heterocycles. The van der Waals surface area contributed by atoms with Crippen molar-refractivity contribution < 1.29 is 14.3 Å². The topological polar surface area (TPSA) is 62.5 Å². The number of furan rings is 1. The van der Waals surface area contributed by atoms with Crippen LogP contribution in [0.4, 0.5) is 0 Å². The first-order chi connectivity index (χ1) is 10.1. The summed E-state index contributed by atoms with van der Waals surface area (Å²) in [5.41, 5.74) is 0.781. The van der Waals surface area contributed by atoms with Crippen LogP contribution in [0.2, 0.25) is 0 Å². The maximum atomic E-state index is 12.3. The van der Waals surface area contributed by atoms with Crippen LogP contribution in [0.1, 0.15) is 29.0 Å². The molecule has 1 aromatic carbocycles. The molecular weight excluding hydrogens is 286 g/mol. The van der Waals surface area contributed by atoms with Crippen molar-refractivity contribution in [2.45, 2.75) is 25.4 Å². The molecule has 0 spiro atoms. The molecule has 4 nitrogen and oxygen atoms in total. The van der Waals surface area contributed by atoms with Crippen LogP contribution in [0.5, 0.6) is 0 Å². The molecule has 1 aliphatic rings. The molecule has 0 atom stereocenters. The maximum absolute atomic E-state index is 12.3. The number of aliphatic hydroxyl groups is 1. The number of thioether (sulfide) groups is 1. The number of rotatable bonds is 3. The van der Waals surface area contributed by atoms with E-state index in [0.717, 1.165) is 35.3 Å². The number of amides is 1. The Bertz CT molecular complexity index is 659. The quantitative estimate of drug-likeness (QED) is 0.915. The average molecular weight is 305 g/mol. The fraction of sp³-hybridized carbons (Fsp3) is 0.438. The molecule has 5 heteroatoms. The van der Waals surface area contributed by atoms with Crippen LogP contribution in [0.3, 0.4) is 0 Å². The molecular formula is C16H19NO3S. The van der Waals surface area contributed by atoms with Gasteiger partial charge in [0, 0.05) is 17.5 Å². The van der Waals surface area contributed by atoms with Gasteiger partial charge in [-0.1, -0.05) is 18.2 Å². The van der Waals surface area contributed by atoms with Crippen LogP contribution in [0.25, 0.3) is 11.0 Å². The van der Waals surface area contributed by atoms with E-state index in [9.17, 15) is 9.90 Å². The van der Waals surface area contributed by atoms with Crippen molar-refractivity contribution in [2.24, 2.45) is 0 Å². The highest BCUT2D eigenvalue weighted by Gasteiger charge is 2.30. The highest BCUT2D eigenvalue weighted by molar-refractivity contribution is 7.99. The van der Waals surface area contributed by atoms with Gasteiger partial charge < -0.3 is 14.8 Å². The lowest BCUT2D eigenvalue weighted by Gasteiger charge is -2.31. The first-order valence-corrected chi connectivity index (χ1v) is 8.31. The molecule has 0 saturated carbocycles. The lowest BCUT2D eigenvalue weighted by Crippen LogP contribution is -2.45. The highest BCUT2D eigenvalue weighted by Crippen LogP contribution is 2.27. The smallest absolute Gasteiger partial charge is 0.287 e. The molecule has 2 aromatic rings. The van der Waals surface area contributed by atoms with Gasteiger partial charge in [0.1, 0.15) is 5.58 Å². The molecule has 2 heterocycles. The minimum absolute atomic E-state index is 0.254. The zero-order chi connectivity index (χ0) is 14.9. The largest absolute Gasteiger partial charge is 0.451 e. The number of hydrogen-bond acceptors (Lipinski definition) is 4. The number of nitrogens with one attached hydrogen (secondary N) is 1. The third kappa shape index (κ3) is 2.94. The second-order valence-electron chi connectivity index (χ2n) is 5.57. The van der Waals surface area contributed by atoms with Crippen LogP contribution in [-0.2, 0) is 0 Å². The van der Waals surface area contributed by atoms with Crippen LogP contribution in [0.15, 0.2) is 28.7 Å². The van der Waals surface area contributed by atoms with Crippen molar-refractivity contribution in [3.63, 3.8) is 0 Å². The summed E-state index contributed by atoms with van der Waals surface area (Å²) < 4.78 is 5.64. The second-order valence-corrected chi connectivity index (χ2v) is 6.80. The molecule has 0 unspecified atom stereocenters. The minimum Gasteiger partial charge on any atom is -0.451 e. The molecule has 1 amide bonds. The van der Waals surface area contributed by atoms with Gasteiger partial charge >= 0.3 is 0 Å². The van der Waals surface area contributed by atoms with Gasteiger partial charge in [-0.25, -0.2) is 0 Å². The van der Waals surface area contributed by atoms with Crippen LogP contribution in [-0.4, -0.2) is 34.7 Å². The first-order valence-electron chi connectivity index (χ1n) is 7.15. The fourth-order valence-electron chi connectivity index (χ4n) is 2.64. The summed E-state index contributed by atoms with van der Waals surface area (Å²) in [4.78, 5) is 12.3. The standard InChI is InChI=1S/C16H19NO3S/c1-11-12-4-2-3-5-13(12)20-14(11)15(18)17-10-16(19)6-8-21-9-7-16/h2-5,19H,6-10H2,1H3,(H,17,18). The van der Waals surface area contributed by atoms with Crippen molar-refractivity contribution >= 4 is 28.6 Å². The van der Waals surface area contributed by atoms with Gasteiger partial charge in [0.05, 0.1) is 5.60 Å². The van der Waals surface area contributed by atoms with Crippen molar-refractivity contribution in [1.29, 1.82) is 0 Å². The molecule has 0 bridgehead atoms. The zero-order valence-corrected chi connectivity index (χ0v) is 12.8.